The summed E-state index contributed by atoms with van der Waals surface area (Å²) in [6.45, 7) is 1.94. The van der Waals surface area contributed by atoms with Crippen LogP contribution in [0, 0.1) is 17.6 Å². The summed E-state index contributed by atoms with van der Waals surface area (Å²) in [4.78, 5) is 0. The molecule has 1 aromatic rings. The van der Waals surface area contributed by atoms with Crippen LogP contribution in [0.15, 0.2) is 18.2 Å². The Hall–Kier alpha value is -0.960. The van der Waals surface area contributed by atoms with Crippen LogP contribution in [-0.4, -0.2) is 6.04 Å². The zero-order valence-electron chi connectivity index (χ0n) is 8.00. The van der Waals surface area contributed by atoms with E-state index in [1.165, 1.54) is 18.2 Å². The highest BCUT2D eigenvalue weighted by atomic mass is 19.1. The highest BCUT2D eigenvalue weighted by molar-refractivity contribution is 5.27. The molecule has 1 aliphatic carbocycles. The van der Waals surface area contributed by atoms with Gasteiger partial charge < -0.3 is 5.73 Å². The molecule has 1 saturated carbocycles. The van der Waals surface area contributed by atoms with Gasteiger partial charge in [0.1, 0.15) is 11.6 Å². The molecule has 0 heterocycles. The van der Waals surface area contributed by atoms with E-state index in [0.29, 0.717) is 6.42 Å². The number of rotatable bonds is 1. The van der Waals surface area contributed by atoms with Crippen molar-refractivity contribution >= 4 is 0 Å². The third-order valence-electron chi connectivity index (χ3n) is 3.21. The molecule has 0 aromatic heterocycles. The van der Waals surface area contributed by atoms with Gasteiger partial charge in [0.2, 0.25) is 0 Å². The second kappa shape index (κ2) is 3.31. The summed E-state index contributed by atoms with van der Waals surface area (Å²) in [6, 6.07) is 4.07. The number of halogens is 2. The van der Waals surface area contributed by atoms with E-state index in [1.807, 2.05) is 6.92 Å². The summed E-state index contributed by atoms with van der Waals surface area (Å²) >= 11 is 0. The van der Waals surface area contributed by atoms with E-state index in [-0.39, 0.29) is 23.4 Å². The van der Waals surface area contributed by atoms with E-state index in [4.69, 9.17) is 5.73 Å². The van der Waals surface area contributed by atoms with Gasteiger partial charge in [-0.15, -0.1) is 0 Å². The highest BCUT2D eigenvalue weighted by Gasteiger charge is 2.38. The number of hydrogen-bond acceptors (Lipinski definition) is 1. The fraction of sp³-hybridized carbons (Fsp3) is 0.455. The number of benzene rings is 1. The third kappa shape index (κ3) is 1.32. The predicted octanol–water partition coefficient (Wildman–Crippen LogP) is 2.42. The quantitative estimate of drug-likeness (QED) is 0.735. The van der Waals surface area contributed by atoms with Gasteiger partial charge in [0.05, 0.1) is 0 Å². The molecule has 2 N–H and O–H groups in total. The summed E-state index contributed by atoms with van der Waals surface area (Å²) in [5.41, 5.74) is 5.91. The molecule has 0 saturated heterocycles. The Kier molecular flexibility index (Phi) is 2.27. The van der Waals surface area contributed by atoms with Gasteiger partial charge >= 0.3 is 0 Å². The Morgan fingerprint density at radius 2 is 1.86 bits per heavy atom. The first-order chi connectivity index (χ1) is 6.61. The van der Waals surface area contributed by atoms with Crippen LogP contribution >= 0.6 is 0 Å². The molecule has 0 aliphatic heterocycles. The molecular weight excluding hydrogens is 184 g/mol. The summed E-state index contributed by atoms with van der Waals surface area (Å²) in [6.07, 6.45) is 0.680. The van der Waals surface area contributed by atoms with E-state index in [1.54, 1.807) is 0 Å². The second-order valence-corrected chi connectivity index (χ2v) is 4.00. The van der Waals surface area contributed by atoms with Crippen LogP contribution in [0.2, 0.25) is 0 Å². The lowest BCUT2D eigenvalue weighted by molar-refractivity contribution is 0.216. The van der Waals surface area contributed by atoms with E-state index in [2.05, 4.69) is 0 Å². The van der Waals surface area contributed by atoms with Crippen molar-refractivity contribution in [3.63, 3.8) is 0 Å². The lowest BCUT2D eigenvalue weighted by atomic mass is 9.67. The molecule has 76 valence electrons. The predicted molar refractivity (Wildman–Crippen MR) is 50.9 cm³/mol. The zero-order chi connectivity index (χ0) is 10.3. The van der Waals surface area contributed by atoms with Gasteiger partial charge in [-0.2, -0.15) is 0 Å². The van der Waals surface area contributed by atoms with Crippen LogP contribution in [-0.2, 0) is 0 Å². The molecule has 2 rings (SSSR count). The maximum Gasteiger partial charge on any atom is 0.129 e. The summed E-state index contributed by atoms with van der Waals surface area (Å²) < 4.78 is 26.7. The topological polar surface area (TPSA) is 26.0 Å². The van der Waals surface area contributed by atoms with Gasteiger partial charge in [-0.1, -0.05) is 13.0 Å². The monoisotopic (exact) mass is 197 g/mol. The smallest absolute Gasteiger partial charge is 0.129 e. The Labute approximate surface area is 81.9 Å². The van der Waals surface area contributed by atoms with Crippen molar-refractivity contribution in [1.29, 1.82) is 0 Å². The van der Waals surface area contributed by atoms with Crippen molar-refractivity contribution in [3.8, 4) is 0 Å². The first-order valence-corrected chi connectivity index (χ1v) is 4.80. The molecule has 1 fully saturated rings. The van der Waals surface area contributed by atoms with Crippen LogP contribution in [0.1, 0.15) is 24.8 Å². The van der Waals surface area contributed by atoms with Gasteiger partial charge in [-0.25, -0.2) is 8.78 Å². The minimum atomic E-state index is -0.450. The van der Waals surface area contributed by atoms with Crippen molar-refractivity contribution in [2.75, 3.05) is 0 Å². The second-order valence-electron chi connectivity index (χ2n) is 4.00. The molecule has 14 heavy (non-hydrogen) atoms. The fourth-order valence-corrected chi connectivity index (χ4v) is 2.07. The minimum Gasteiger partial charge on any atom is -0.327 e. The van der Waals surface area contributed by atoms with E-state index >= 15 is 0 Å². The molecule has 1 aromatic carbocycles. The van der Waals surface area contributed by atoms with Crippen LogP contribution in [0.3, 0.4) is 0 Å². The van der Waals surface area contributed by atoms with E-state index in [9.17, 15) is 8.78 Å². The number of nitrogens with two attached hydrogens (primary N) is 1. The Balaban J connectivity index is 2.33. The summed E-state index contributed by atoms with van der Waals surface area (Å²) in [5, 5.41) is 0. The largest absolute Gasteiger partial charge is 0.327 e. The maximum absolute atomic E-state index is 13.3. The molecule has 1 aliphatic rings. The van der Waals surface area contributed by atoms with Crippen molar-refractivity contribution in [1.82, 2.24) is 0 Å². The first kappa shape index (κ1) is 9.59. The van der Waals surface area contributed by atoms with Gasteiger partial charge in [0.25, 0.3) is 0 Å². The molecular formula is C11H13F2N. The standard InChI is InChI=1S/C11H13F2N/c1-6-7(5-10(6)14)11-8(12)3-2-4-9(11)13/h2-4,6-7,10H,5,14H2,1H3. The summed E-state index contributed by atoms with van der Waals surface area (Å²) in [7, 11) is 0. The molecule has 0 bridgehead atoms. The fourth-order valence-electron chi connectivity index (χ4n) is 2.07. The maximum atomic E-state index is 13.3. The van der Waals surface area contributed by atoms with Gasteiger partial charge in [-0.05, 0) is 30.4 Å². The molecule has 1 nitrogen and oxygen atoms in total. The van der Waals surface area contributed by atoms with Crippen LogP contribution in [0.25, 0.3) is 0 Å². The van der Waals surface area contributed by atoms with Gasteiger partial charge in [0, 0.05) is 11.6 Å². The molecule has 0 amide bonds. The van der Waals surface area contributed by atoms with Crippen molar-refractivity contribution < 1.29 is 8.78 Å². The average Bonchev–Trinajstić information content (AvgIpc) is 2.16. The van der Waals surface area contributed by atoms with Gasteiger partial charge in [0.15, 0.2) is 0 Å². The van der Waals surface area contributed by atoms with Crippen molar-refractivity contribution in [2.24, 2.45) is 11.7 Å². The van der Waals surface area contributed by atoms with Crippen LogP contribution < -0.4 is 5.73 Å². The van der Waals surface area contributed by atoms with E-state index < -0.39 is 11.6 Å². The zero-order valence-corrected chi connectivity index (χ0v) is 8.00. The van der Waals surface area contributed by atoms with Crippen molar-refractivity contribution in [3.05, 3.63) is 35.4 Å². The molecule has 0 spiro atoms. The summed E-state index contributed by atoms with van der Waals surface area (Å²) in [5.74, 6) is -0.782. The van der Waals surface area contributed by atoms with Gasteiger partial charge in [-0.3, -0.25) is 0 Å². The third-order valence-corrected chi connectivity index (χ3v) is 3.21. The lowest BCUT2D eigenvalue weighted by Crippen LogP contribution is -2.44. The van der Waals surface area contributed by atoms with Crippen molar-refractivity contribution in [2.45, 2.75) is 25.3 Å². The number of hydrogen-bond donors (Lipinski definition) is 1. The molecule has 3 atom stereocenters. The lowest BCUT2D eigenvalue weighted by Gasteiger charge is -2.41. The first-order valence-electron chi connectivity index (χ1n) is 4.80. The van der Waals surface area contributed by atoms with E-state index in [0.717, 1.165) is 0 Å². The minimum absolute atomic E-state index is 0.0498. The molecule has 3 unspecified atom stereocenters. The SMILES string of the molecule is CC1C(N)CC1c1c(F)cccc1F. The Morgan fingerprint density at radius 3 is 2.29 bits per heavy atom. The molecule has 0 radical (unpaired) electrons. The van der Waals surface area contributed by atoms with Crippen LogP contribution in [0.5, 0.6) is 0 Å². The highest BCUT2D eigenvalue weighted by Crippen LogP contribution is 2.43. The van der Waals surface area contributed by atoms with Crippen LogP contribution in [0.4, 0.5) is 8.78 Å². The normalized spacial score (nSPS) is 31.3. The Morgan fingerprint density at radius 1 is 1.29 bits per heavy atom. The molecule has 3 heteroatoms. The average molecular weight is 197 g/mol. The Bertz CT molecular complexity index is 331.